The summed E-state index contributed by atoms with van der Waals surface area (Å²) in [5.41, 5.74) is 1.04. The Morgan fingerprint density at radius 2 is 2.15 bits per heavy atom. The van der Waals surface area contributed by atoms with Crippen molar-refractivity contribution in [1.82, 2.24) is 15.0 Å². The normalized spacial score (nSPS) is 20.1. The molecule has 0 radical (unpaired) electrons. The van der Waals surface area contributed by atoms with Gasteiger partial charge in [-0.25, -0.2) is 0 Å². The van der Waals surface area contributed by atoms with Gasteiger partial charge in [0.05, 0.1) is 13.0 Å². The number of methoxy groups -OCH3 is 1. The van der Waals surface area contributed by atoms with Gasteiger partial charge in [-0.3, -0.25) is 4.79 Å². The van der Waals surface area contributed by atoms with Crippen LogP contribution in [0.15, 0.2) is 22.7 Å². The maximum absolute atomic E-state index is 13.0. The van der Waals surface area contributed by atoms with Gasteiger partial charge in [0.25, 0.3) is 0 Å². The summed E-state index contributed by atoms with van der Waals surface area (Å²) in [6.07, 6.45) is 3.46. The third-order valence-corrected chi connectivity index (χ3v) is 5.49. The largest absolute Gasteiger partial charge is 0.493 e. The fraction of sp³-hybridized carbons (Fsp3) is 0.550. The second-order valence-electron chi connectivity index (χ2n) is 7.36. The summed E-state index contributed by atoms with van der Waals surface area (Å²) in [4.78, 5) is 19.2. The Kier molecular flexibility index (Phi) is 5.01. The number of benzene rings is 1. The Balaban J connectivity index is 1.33. The van der Waals surface area contributed by atoms with E-state index in [9.17, 15) is 4.79 Å². The summed E-state index contributed by atoms with van der Waals surface area (Å²) in [6.45, 7) is 3.77. The molecule has 1 fully saturated rings. The lowest BCUT2D eigenvalue weighted by atomic mass is 9.90. The van der Waals surface area contributed by atoms with Gasteiger partial charge in [0.2, 0.25) is 11.8 Å². The maximum Gasteiger partial charge on any atom is 0.229 e. The van der Waals surface area contributed by atoms with E-state index in [2.05, 4.69) is 10.1 Å². The zero-order valence-corrected chi connectivity index (χ0v) is 15.8. The molecule has 144 valence electrons. The number of aromatic nitrogens is 2. The van der Waals surface area contributed by atoms with Gasteiger partial charge in [-0.1, -0.05) is 17.3 Å². The molecule has 7 nitrogen and oxygen atoms in total. The zero-order chi connectivity index (χ0) is 18.8. The third-order valence-electron chi connectivity index (χ3n) is 5.49. The average Bonchev–Trinajstić information content (AvgIpc) is 3.11. The molecule has 1 atom stereocenters. The Bertz CT molecular complexity index is 811. The summed E-state index contributed by atoms with van der Waals surface area (Å²) in [7, 11) is 1.64. The number of carbonyl (C=O) groups excluding carboxylic acids is 1. The monoisotopic (exact) mass is 371 g/mol. The molecule has 2 aliphatic rings. The van der Waals surface area contributed by atoms with Crippen molar-refractivity contribution in [3.05, 3.63) is 35.5 Å². The molecule has 0 N–H and O–H groups in total. The Morgan fingerprint density at radius 1 is 1.33 bits per heavy atom. The smallest absolute Gasteiger partial charge is 0.229 e. The summed E-state index contributed by atoms with van der Waals surface area (Å²) >= 11 is 0. The van der Waals surface area contributed by atoms with Crippen molar-refractivity contribution in [3.8, 4) is 11.5 Å². The van der Waals surface area contributed by atoms with E-state index in [1.165, 1.54) is 0 Å². The Hall–Kier alpha value is -2.57. The highest BCUT2D eigenvalue weighted by Gasteiger charge is 2.33. The minimum Gasteiger partial charge on any atom is -0.493 e. The van der Waals surface area contributed by atoms with E-state index in [1.807, 2.05) is 23.1 Å². The van der Waals surface area contributed by atoms with Crippen molar-refractivity contribution in [2.45, 2.75) is 32.6 Å². The molecule has 0 aliphatic carbocycles. The molecule has 7 heteroatoms. The molecule has 4 rings (SSSR count). The van der Waals surface area contributed by atoms with E-state index in [0.29, 0.717) is 24.8 Å². The summed E-state index contributed by atoms with van der Waals surface area (Å²) in [5, 5.41) is 3.98. The molecule has 1 aromatic heterocycles. The molecular formula is C20H25N3O4. The van der Waals surface area contributed by atoms with Gasteiger partial charge in [0.1, 0.15) is 6.61 Å². The van der Waals surface area contributed by atoms with Gasteiger partial charge < -0.3 is 18.9 Å². The van der Waals surface area contributed by atoms with Crippen LogP contribution in [0, 0.1) is 18.8 Å². The van der Waals surface area contributed by atoms with E-state index in [4.69, 9.17) is 14.0 Å². The summed E-state index contributed by atoms with van der Waals surface area (Å²) in [5.74, 6) is 3.45. The molecule has 2 aromatic rings. The van der Waals surface area contributed by atoms with Crippen molar-refractivity contribution < 1.29 is 18.8 Å². The Labute approximate surface area is 158 Å². The number of fused-ring (bicyclic) bond motifs is 1. The fourth-order valence-electron chi connectivity index (χ4n) is 4.01. The van der Waals surface area contributed by atoms with E-state index < -0.39 is 0 Å². The van der Waals surface area contributed by atoms with Crippen molar-refractivity contribution in [2.75, 3.05) is 26.8 Å². The minimum absolute atomic E-state index is 0.124. The molecule has 0 unspecified atom stereocenters. The molecule has 1 amide bonds. The average molecular weight is 371 g/mol. The van der Waals surface area contributed by atoms with Crippen LogP contribution in [0.2, 0.25) is 0 Å². The van der Waals surface area contributed by atoms with Gasteiger partial charge in [-0.2, -0.15) is 4.98 Å². The predicted octanol–water partition coefficient (Wildman–Crippen LogP) is 2.42. The number of carbonyl (C=O) groups is 1. The first kappa shape index (κ1) is 17.8. The molecule has 0 spiro atoms. The lowest BCUT2D eigenvalue weighted by Gasteiger charge is -2.35. The van der Waals surface area contributed by atoms with Crippen LogP contribution >= 0.6 is 0 Å². The highest BCUT2D eigenvalue weighted by molar-refractivity contribution is 5.80. The molecule has 3 heterocycles. The first-order valence-electron chi connectivity index (χ1n) is 9.50. The van der Waals surface area contributed by atoms with Crippen LogP contribution in [-0.2, 0) is 17.6 Å². The van der Waals surface area contributed by atoms with Crippen molar-refractivity contribution >= 4 is 5.91 Å². The molecule has 1 aromatic carbocycles. The van der Waals surface area contributed by atoms with Crippen LogP contribution < -0.4 is 9.47 Å². The quantitative estimate of drug-likeness (QED) is 0.821. The van der Waals surface area contributed by atoms with Gasteiger partial charge in [-0.15, -0.1) is 0 Å². The topological polar surface area (TPSA) is 77.7 Å². The van der Waals surface area contributed by atoms with Gasteiger partial charge in [0.15, 0.2) is 17.3 Å². The fourth-order valence-corrected chi connectivity index (χ4v) is 4.01. The van der Waals surface area contributed by atoms with Crippen LogP contribution in [0.1, 0.15) is 30.1 Å². The van der Waals surface area contributed by atoms with Crippen molar-refractivity contribution in [2.24, 2.45) is 11.8 Å². The molecular weight excluding hydrogens is 346 g/mol. The second-order valence-corrected chi connectivity index (χ2v) is 7.36. The van der Waals surface area contributed by atoms with Crippen molar-refractivity contribution in [3.63, 3.8) is 0 Å². The van der Waals surface area contributed by atoms with Gasteiger partial charge in [0, 0.05) is 26.4 Å². The van der Waals surface area contributed by atoms with E-state index in [1.54, 1.807) is 14.0 Å². The molecule has 1 saturated heterocycles. The highest BCUT2D eigenvalue weighted by Crippen LogP contribution is 2.36. The number of aryl methyl sites for hydroxylation is 1. The molecule has 2 aliphatic heterocycles. The van der Waals surface area contributed by atoms with Gasteiger partial charge in [-0.05, 0) is 36.8 Å². The predicted molar refractivity (Wildman–Crippen MR) is 97.7 cm³/mol. The van der Waals surface area contributed by atoms with E-state index in [-0.39, 0.29) is 11.8 Å². The Morgan fingerprint density at radius 3 is 2.85 bits per heavy atom. The molecule has 27 heavy (non-hydrogen) atoms. The number of hydrogen-bond donors (Lipinski definition) is 0. The van der Waals surface area contributed by atoms with Gasteiger partial charge >= 0.3 is 0 Å². The molecule has 0 bridgehead atoms. The number of hydrogen-bond acceptors (Lipinski definition) is 6. The van der Waals surface area contributed by atoms with Crippen molar-refractivity contribution in [1.29, 1.82) is 0 Å². The first-order chi connectivity index (χ1) is 13.1. The van der Waals surface area contributed by atoms with E-state index in [0.717, 1.165) is 55.2 Å². The number of amides is 1. The second kappa shape index (κ2) is 7.58. The number of likely N-dealkylation sites (tertiary alicyclic amines) is 1. The SMILES string of the molecule is COc1cccc2c1OC[C@H](C(=O)N1CCC(Cc3noc(C)n3)CC1)C2. The lowest BCUT2D eigenvalue weighted by Crippen LogP contribution is -2.45. The van der Waals surface area contributed by atoms with Crippen LogP contribution in [0.25, 0.3) is 0 Å². The summed E-state index contributed by atoms with van der Waals surface area (Å²) < 4.78 is 16.3. The van der Waals surface area contributed by atoms with Crippen LogP contribution in [0.5, 0.6) is 11.5 Å². The standard InChI is InChI=1S/C20H25N3O4/c1-13-21-18(22-27-13)10-14-6-8-23(9-7-14)20(24)16-11-15-4-3-5-17(25-2)19(15)26-12-16/h3-5,14,16H,6-12H2,1-2H3/t16-/m1/s1. The number of ether oxygens (including phenoxy) is 2. The van der Waals surface area contributed by atoms with Crippen LogP contribution in [0.3, 0.4) is 0 Å². The van der Waals surface area contributed by atoms with E-state index >= 15 is 0 Å². The number of para-hydroxylation sites is 1. The first-order valence-corrected chi connectivity index (χ1v) is 9.50. The highest BCUT2D eigenvalue weighted by atomic mass is 16.5. The third kappa shape index (κ3) is 3.77. The lowest BCUT2D eigenvalue weighted by molar-refractivity contribution is -0.138. The van der Waals surface area contributed by atoms with Crippen LogP contribution in [0.4, 0.5) is 0 Å². The number of nitrogens with zero attached hydrogens (tertiary/aromatic N) is 3. The maximum atomic E-state index is 13.0. The number of piperidine rings is 1. The summed E-state index contributed by atoms with van der Waals surface area (Å²) in [6, 6.07) is 5.84. The zero-order valence-electron chi connectivity index (χ0n) is 15.8. The minimum atomic E-state index is -0.124. The molecule has 0 saturated carbocycles. The number of rotatable bonds is 4. The van der Waals surface area contributed by atoms with Crippen LogP contribution in [-0.4, -0.2) is 47.8 Å².